The second kappa shape index (κ2) is 7.13. The lowest BCUT2D eigenvalue weighted by Crippen LogP contribution is -1.91. The molecule has 0 unspecified atom stereocenters. The van der Waals surface area contributed by atoms with Crippen molar-refractivity contribution in [2.24, 2.45) is 0 Å². The molecule has 0 aliphatic carbocycles. The van der Waals surface area contributed by atoms with Crippen LogP contribution in [0.2, 0.25) is 0 Å². The summed E-state index contributed by atoms with van der Waals surface area (Å²) in [4.78, 5) is 0. The third kappa shape index (κ3) is 3.95. The molecule has 1 aliphatic rings. The van der Waals surface area contributed by atoms with E-state index in [4.69, 9.17) is 0 Å². The molecule has 0 fully saturated rings. The van der Waals surface area contributed by atoms with Gasteiger partial charge in [-0.15, -0.1) is 0 Å². The summed E-state index contributed by atoms with van der Waals surface area (Å²) in [5.41, 5.74) is 1.38. The molecule has 82 valence electrons. The quantitative estimate of drug-likeness (QED) is 0.578. The van der Waals surface area contributed by atoms with Gasteiger partial charge in [0.05, 0.1) is 0 Å². The van der Waals surface area contributed by atoms with Crippen LogP contribution in [-0.4, -0.2) is 11.5 Å². The fraction of sp³-hybridized carbons (Fsp3) is 0.308. The maximum Gasteiger partial charge on any atom is 0.0136 e. The van der Waals surface area contributed by atoms with Crippen LogP contribution in [0.4, 0.5) is 0 Å². The van der Waals surface area contributed by atoms with Gasteiger partial charge < -0.3 is 0 Å². The molecule has 16 heavy (non-hydrogen) atoms. The number of hydrogen-bond acceptors (Lipinski definition) is 0. The summed E-state index contributed by atoms with van der Waals surface area (Å²) in [6.45, 7) is 0. The van der Waals surface area contributed by atoms with Crippen molar-refractivity contribution in [1.29, 1.82) is 0 Å². The van der Waals surface area contributed by atoms with E-state index >= 15 is 0 Å². The predicted molar refractivity (Wildman–Crippen MR) is 79.2 cm³/mol. The number of hydrogen-bond donors (Lipinski definition) is 0. The molecule has 0 radical (unpaired) electrons. The predicted octanol–water partition coefficient (Wildman–Crippen LogP) is 5.62. The fourth-order valence-corrected chi connectivity index (χ4v) is 6.57. The molecule has 1 aliphatic heterocycles. The van der Waals surface area contributed by atoms with Crippen LogP contribution in [0.15, 0.2) is 42.5 Å². The summed E-state index contributed by atoms with van der Waals surface area (Å²) < 4.78 is 0. The molecule has 0 aromatic heterocycles. The van der Waals surface area contributed by atoms with Gasteiger partial charge in [-0.25, -0.2) is 0 Å². The molecule has 0 amide bonds. The fourth-order valence-electron chi connectivity index (χ4n) is 1.56. The Balaban J connectivity index is 2.25. The summed E-state index contributed by atoms with van der Waals surface area (Å²) in [6, 6.07) is 10.8. The van der Waals surface area contributed by atoms with Crippen molar-refractivity contribution in [2.45, 2.75) is 19.3 Å². The van der Waals surface area contributed by atoms with Crippen molar-refractivity contribution in [1.82, 2.24) is 0 Å². The van der Waals surface area contributed by atoms with E-state index in [0.29, 0.717) is 0 Å². The summed E-state index contributed by atoms with van der Waals surface area (Å²) in [5, 5.41) is 1.47. The highest BCUT2D eigenvalue weighted by atomic mass is 32.2. The number of benzene rings is 1. The van der Waals surface area contributed by atoms with Crippen LogP contribution < -0.4 is 0 Å². The van der Waals surface area contributed by atoms with E-state index in [9.17, 15) is 0 Å². The SMILES string of the molecule is C1=CC(c2ccccc2)=PP=PCCCC1. The van der Waals surface area contributed by atoms with Gasteiger partial charge in [-0.3, -0.25) is 0 Å². The molecule has 0 spiro atoms. The minimum Gasteiger partial charge on any atom is -0.0836 e. The van der Waals surface area contributed by atoms with Crippen molar-refractivity contribution in [3.05, 3.63) is 48.0 Å². The first-order chi connectivity index (χ1) is 7.97. The highest BCUT2D eigenvalue weighted by Crippen LogP contribution is 2.33. The molecule has 3 heteroatoms. The monoisotopic (exact) mass is 264 g/mol. The largest absolute Gasteiger partial charge is 0.0836 e. The zero-order valence-corrected chi connectivity index (χ0v) is 11.9. The first kappa shape index (κ1) is 12.2. The van der Waals surface area contributed by atoms with E-state index in [1.54, 1.807) is 7.87 Å². The molecule has 0 N–H and O–H groups in total. The molecular weight excluding hydrogens is 249 g/mol. The van der Waals surface area contributed by atoms with Crippen molar-refractivity contribution < 1.29 is 0 Å². The van der Waals surface area contributed by atoms with Gasteiger partial charge in [-0.2, -0.15) is 0 Å². The van der Waals surface area contributed by atoms with E-state index in [0.717, 1.165) is 0 Å². The standard InChI is InChI=1S/C13H15P3/c1-2-7-11-14-16-15-13(10-6-1)12-8-4-3-5-9-12/h3-6,8-10H,1-2,7,11H2. The summed E-state index contributed by atoms with van der Waals surface area (Å²) >= 11 is 0. The van der Waals surface area contributed by atoms with E-state index in [1.807, 2.05) is 0 Å². The highest BCUT2D eigenvalue weighted by molar-refractivity contribution is 8.24. The molecule has 2 rings (SSSR count). The van der Waals surface area contributed by atoms with E-state index in [2.05, 4.69) is 42.5 Å². The van der Waals surface area contributed by atoms with Crippen LogP contribution in [0.3, 0.4) is 0 Å². The lowest BCUT2D eigenvalue weighted by Gasteiger charge is -2.01. The van der Waals surface area contributed by atoms with Crippen molar-refractivity contribution in [2.75, 3.05) is 6.16 Å². The first-order valence-corrected chi connectivity index (χ1v) is 9.91. The lowest BCUT2D eigenvalue weighted by atomic mass is 10.1. The van der Waals surface area contributed by atoms with Crippen LogP contribution in [-0.2, 0) is 0 Å². The van der Waals surface area contributed by atoms with E-state index in [1.165, 1.54) is 51.7 Å². The van der Waals surface area contributed by atoms with Gasteiger partial charge >= 0.3 is 0 Å². The third-order valence-corrected chi connectivity index (χ3v) is 7.63. The Labute approximate surface area is 102 Å². The lowest BCUT2D eigenvalue weighted by molar-refractivity contribution is 0.823. The van der Waals surface area contributed by atoms with Crippen LogP contribution in [0.5, 0.6) is 0 Å². The van der Waals surface area contributed by atoms with Gasteiger partial charge in [-0.05, 0) is 46.4 Å². The van der Waals surface area contributed by atoms with Crippen LogP contribution >= 0.6 is 23.3 Å². The van der Waals surface area contributed by atoms with E-state index < -0.39 is 0 Å². The zero-order chi connectivity index (χ0) is 11.1. The van der Waals surface area contributed by atoms with Gasteiger partial charge in [-0.1, -0.05) is 50.4 Å². The van der Waals surface area contributed by atoms with Gasteiger partial charge in [0.25, 0.3) is 0 Å². The average molecular weight is 264 g/mol. The smallest absolute Gasteiger partial charge is 0.0136 e. The van der Waals surface area contributed by atoms with Crippen molar-refractivity contribution in [3.8, 4) is 0 Å². The molecule has 1 aromatic rings. The molecule has 0 bridgehead atoms. The van der Waals surface area contributed by atoms with Gasteiger partial charge in [0.2, 0.25) is 0 Å². The van der Waals surface area contributed by atoms with Crippen LogP contribution in [0.25, 0.3) is 0 Å². The Morgan fingerprint density at radius 3 is 2.75 bits per heavy atom. The molecular formula is C13H15P3. The number of allylic oxidation sites excluding steroid dienone is 2. The zero-order valence-electron chi connectivity index (χ0n) is 9.21. The maximum absolute atomic E-state index is 2.34. The first-order valence-electron chi connectivity index (χ1n) is 5.63. The maximum atomic E-state index is 2.34. The summed E-state index contributed by atoms with van der Waals surface area (Å²) in [5.74, 6) is 0. The van der Waals surface area contributed by atoms with Crippen molar-refractivity contribution in [3.63, 3.8) is 0 Å². The topological polar surface area (TPSA) is 0 Å². The third-order valence-electron chi connectivity index (χ3n) is 2.44. The Bertz CT molecular complexity index is 404. The Morgan fingerprint density at radius 1 is 1.00 bits per heavy atom. The molecule has 0 atom stereocenters. The Kier molecular flexibility index (Phi) is 5.44. The van der Waals surface area contributed by atoms with Gasteiger partial charge in [0.1, 0.15) is 0 Å². The molecule has 0 saturated heterocycles. The molecule has 1 aromatic carbocycles. The Hall–Kier alpha value is -0.270. The van der Waals surface area contributed by atoms with Crippen molar-refractivity contribution >= 4 is 28.6 Å². The van der Waals surface area contributed by atoms with E-state index in [-0.39, 0.29) is 0 Å². The molecule has 0 saturated carbocycles. The second-order valence-corrected chi connectivity index (χ2v) is 8.89. The normalized spacial score (nSPS) is 19.9. The second-order valence-electron chi connectivity index (χ2n) is 3.70. The minimum absolute atomic E-state index is 1.23. The van der Waals surface area contributed by atoms with Crippen LogP contribution in [0, 0.1) is 0 Å². The minimum atomic E-state index is 1.23. The highest BCUT2D eigenvalue weighted by Gasteiger charge is 1.97. The summed E-state index contributed by atoms with van der Waals surface area (Å²) in [6.07, 6.45) is 9.99. The molecule has 0 nitrogen and oxygen atoms in total. The van der Waals surface area contributed by atoms with Gasteiger partial charge in [0.15, 0.2) is 0 Å². The molecule has 1 heterocycles. The average Bonchev–Trinajstić information content (AvgIpc) is 2.37. The van der Waals surface area contributed by atoms with Crippen LogP contribution in [0.1, 0.15) is 24.8 Å². The Morgan fingerprint density at radius 2 is 1.88 bits per heavy atom. The number of rotatable bonds is 1. The van der Waals surface area contributed by atoms with Gasteiger partial charge in [0, 0.05) is 5.29 Å². The summed E-state index contributed by atoms with van der Waals surface area (Å²) in [7, 11) is 4.57.